The van der Waals surface area contributed by atoms with Gasteiger partial charge in [-0.15, -0.1) is 0 Å². The molecule has 0 fully saturated rings. The van der Waals surface area contributed by atoms with Gasteiger partial charge in [0.2, 0.25) is 0 Å². The van der Waals surface area contributed by atoms with Gasteiger partial charge in [-0.1, -0.05) is 103 Å². The molecule has 0 atom stereocenters. The van der Waals surface area contributed by atoms with Gasteiger partial charge in [0.05, 0.1) is 11.0 Å². The maximum absolute atomic E-state index is 3.80. The number of hydrogen-bond acceptors (Lipinski definition) is 0. The van der Waals surface area contributed by atoms with Crippen molar-refractivity contribution < 1.29 is 0 Å². The predicted molar refractivity (Wildman–Crippen MR) is 134 cm³/mol. The Morgan fingerprint density at radius 3 is 1.87 bits per heavy atom. The SMILES string of the molecule is c1ccc2c(c1)cc(-c1cccc3c1[nH]c1c4ccccc4ccc31)c1ccccc12. The molecule has 1 heterocycles. The van der Waals surface area contributed by atoms with E-state index in [2.05, 4.69) is 114 Å². The summed E-state index contributed by atoms with van der Waals surface area (Å²) < 4.78 is 0. The Morgan fingerprint density at radius 1 is 0.355 bits per heavy atom. The van der Waals surface area contributed by atoms with Crippen molar-refractivity contribution >= 4 is 54.1 Å². The summed E-state index contributed by atoms with van der Waals surface area (Å²) >= 11 is 0. The van der Waals surface area contributed by atoms with Crippen LogP contribution in [-0.2, 0) is 0 Å². The number of fused-ring (bicyclic) bond motifs is 8. The minimum absolute atomic E-state index is 1.20. The maximum atomic E-state index is 3.80. The minimum Gasteiger partial charge on any atom is -0.353 e. The van der Waals surface area contributed by atoms with Crippen LogP contribution in [-0.4, -0.2) is 4.98 Å². The third-order valence-corrected chi connectivity index (χ3v) is 6.59. The molecule has 0 aliphatic heterocycles. The van der Waals surface area contributed by atoms with Crippen LogP contribution in [0.3, 0.4) is 0 Å². The Morgan fingerprint density at radius 2 is 1.00 bits per heavy atom. The van der Waals surface area contributed by atoms with Crippen LogP contribution in [0.15, 0.2) is 109 Å². The highest BCUT2D eigenvalue weighted by atomic mass is 14.7. The van der Waals surface area contributed by atoms with Crippen molar-refractivity contribution in [2.45, 2.75) is 0 Å². The van der Waals surface area contributed by atoms with E-state index in [-0.39, 0.29) is 0 Å². The molecule has 6 aromatic carbocycles. The van der Waals surface area contributed by atoms with Crippen molar-refractivity contribution in [3.8, 4) is 11.1 Å². The normalized spacial score (nSPS) is 11.9. The van der Waals surface area contributed by atoms with Gasteiger partial charge < -0.3 is 4.98 Å². The molecule has 0 amide bonds. The van der Waals surface area contributed by atoms with Crippen molar-refractivity contribution in [3.05, 3.63) is 109 Å². The van der Waals surface area contributed by atoms with E-state index in [4.69, 9.17) is 0 Å². The predicted octanol–water partition coefficient (Wildman–Crippen LogP) is 8.45. The topological polar surface area (TPSA) is 15.8 Å². The smallest absolute Gasteiger partial charge is 0.0544 e. The van der Waals surface area contributed by atoms with Gasteiger partial charge in [0, 0.05) is 21.7 Å². The number of hydrogen-bond donors (Lipinski definition) is 1. The molecule has 0 spiro atoms. The molecule has 0 aliphatic rings. The number of benzene rings is 6. The van der Waals surface area contributed by atoms with Gasteiger partial charge in [-0.2, -0.15) is 0 Å². The number of rotatable bonds is 1. The molecule has 7 aromatic rings. The fourth-order valence-electron chi connectivity index (χ4n) is 5.17. The van der Waals surface area contributed by atoms with Gasteiger partial charge >= 0.3 is 0 Å². The molecular formula is C30H19N. The second kappa shape index (κ2) is 6.20. The van der Waals surface area contributed by atoms with Crippen LogP contribution in [0, 0.1) is 0 Å². The first-order valence-corrected chi connectivity index (χ1v) is 10.7. The number of para-hydroxylation sites is 1. The first-order chi connectivity index (χ1) is 15.4. The summed E-state index contributed by atoms with van der Waals surface area (Å²) in [6, 6.07) is 39.5. The zero-order chi connectivity index (χ0) is 20.4. The standard InChI is InChI=1S/C30H19N/c1-4-11-22-19(8-1)16-17-27-25-14-7-15-26(30(25)31-29(22)27)28-18-20-9-2-3-10-21(20)23-12-5-6-13-24(23)28/h1-18,31H. The maximum Gasteiger partial charge on any atom is 0.0544 e. The summed E-state index contributed by atoms with van der Waals surface area (Å²) in [6.45, 7) is 0. The van der Waals surface area contributed by atoms with Gasteiger partial charge in [-0.25, -0.2) is 0 Å². The lowest BCUT2D eigenvalue weighted by Crippen LogP contribution is -1.86. The van der Waals surface area contributed by atoms with Crippen LogP contribution < -0.4 is 0 Å². The van der Waals surface area contributed by atoms with Crippen molar-refractivity contribution in [3.63, 3.8) is 0 Å². The Hall–Kier alpha value is -4.10. The van der Waals surface area contributed by atoms with Gasteiger partial charge in [0.25, 0.3) is 0 Å². The van der Waals surface area contributed by atoms with Crippen LogP contribution in [0.2, 0.25) is 0 Å². The van der Waals surface area contributed by atoms with Crippen LogP contribution in [0.5, 0.6) is 0 Å². The Bertz CT molecular complexity index is 1790. The highest BCUT2D eigenvalue weighted by Crippen LogP contribution is 2.40. The van der Waals surface area contributed by atoms with Gasteiger partial charge in [-0.05, 0) is 38.6 Å². The molecule has 0 unspecified atom stereocenters. The molecule has 0 aliphatic carbocycles. The molecule has 0 saturated heterocycles. The number of aromatic nitrogens is 1. The van der Waals surface area contributed by atoms with Crippen LogP contribution >= 0.6 is 0 Å². The highest BCUT2D eigenvalue weighted by molar-refractivity contribution is 6.21. The molecule has 0 saturated carbocycles. The fraction of sp³-hybridized carbons (Fsp3) is 0. The summed E-state index contributed by atoms with van der Waals surface area (Å²) in [5.74, 6) is 0. The zero-order valence-electron chi connectivity index (χ0n) is 16.9. The molecule has 1 aromatic heterocycles. The average molecular weight is 393 g/mol. The van der Waals surface area contributed by atoms with E-state index in [1.165, 1.54) is 65.3 Å². The highest BCUT2D eigenvalue weighted by Gasteiger charge is 2.14. The van der Waals surface area contributed by atoms with E-state index in [9.17, 15) is 0 Å². The van der Waals surface area contributed by atoms with E-state index >= 15 is 0 Å². The monoisotopic (exact) mass is 393 g/mol. The Kier molecular flexibility index (Phi) is 3.33. The van der Waals surface area contributed by atoms with Crippen molar-refractivity contribution in [1.29, 1.82) is 0 Å². The van der Waals surface area contributed by atoms with Gasteiger partial charge in [0.15, 0.2) is 0 Å². The van der Waals surface area contributed by atoms with Gasteiger partial charge in [-0.3, -0.25) is 0 Å². The fourth-order valence-corrected chi connectivity index (χ4v) is 5.17. The Labute approximate surface area is 179 Å². The lowest BCUT2D eigenvalue weighted by atomic mass is 9.92. The number of H-pyrrole nitrogens is 1. The van der Waals surface area contributed by atoms with Gasteiger partial charge in [0.1, 0.15) is 0 Å². The van der Waals surface area contributed by atoms with E-state index in [1.807, 2.05) is 0 Å². The Balaban J connectivity index is 1.65. The zero-order valence-corrected chi connectivity index (χ0v) is 16.9. The lowest BCUT2D eigenvalue weighted by molar-refractivity contribution is 1.56. The molecular weight excluding hydrogens is 374 g/mol. The number of aromatic amines is 1. The first-order valence-electron chi connectivity index (χ1n) is 10.7. The third-order valence-electron chi connectivity index (χ3n) is 6.59. The van der Waals surface area contributed by atoms with Crippen molar-refractivity contribution in [2.24, 2.45) is 0 Å². The van der Waals surface area contributed by atoms with E-state index in [1.54, 1.807) is 0 Å². The minimum atomic E-state index is 1.20. The molecule has 1 nitrogen and oxygen atoms in total. The largest absolute Gasteiger partial charge is 0.353 e. The second-order valence-electron chi connectivity index (χ2n) is 8.25. The van der Waals surface area contributed by atoms with Crippen LogP contribution in [0.1, 0.15) is 0 Å². The van der Waals surface area contributed by atoms with E-state index < -0.39 is 0 Å². The summed E-state index contributed by atoms with van der Waals surface area (Å²) in [7, 11) is 0. The third kappa shape index (κ3) is 2.32. The van der Waals surface area contributed by atoms with Crippen LogP contribution in [0.25, 0.3) is 65.3 Å². The molecule has 31 heavy (non-hydrogen) atoms. The molecule has 7 rings (SSSR count). The average Bonchev–Trinajstić information content (AvgIpc) is 3.23. The summed E-state index contributed by atoms with van der Waals surface area (Å²) in [4.78, 5) is 3.80. The number of nitrogens with one attached hydrogen (secondary N) is 1. The second-order valence-corrected chi connectivity index (χ2v) is 8.25. The summed E-state index contributed by atoms with van der Waals surface area (Å²) in [6.07, 6.45) is 0. The first kappa shape index (κ1) is 16.7. The summed E-state index contributed by atoms with van der Waals surface area (Å²) in [5, 5.41) is 10.2. The quantitative estimate of drug-likeness (QED) is 0.269. The van der Waals surface area contributed by atoms with Crippen molar-refractivity contribution in [2.75, 3.05) is 0 Å². The molecule has 0 radical (unpaired) electrons. The lowest BCUT2D eigenvalue weighted by Gasteiger charge is -2.12. The van der Waals surface area contributed by atoms with E-state index in [0.717, 1.165) is 0 Å². The van der Waals surface area contributed by atoms with E-state index in [0.29, 0.717) is 0 Å². The molecule has 144 valence electrons. The van der Waals surface area contributed by atoms with Crippen LogP contribution in [0.4, 0.5) is 0 Å². The molecule has 1 N–H and O–H groups in total. The van der Waals surface area contributed by atoms with Crippen molar-refractivity contribution in [1.82, 2.24) is 4.98 Å². The molecule has 1 heteroatoms. The molecule has 0 bridgehead atoms. The summed E-state index contributed by atoms with van der Waals surface area (Å²) in [5.41, 5.74) is 4.94.